The molecule has 1 fully saturated rings. The highest BCUT2D eigenvalue weighted by molar-refractivity contribution is 7.89. The Labute approximate surface area is 215 Å². The Hall–Kier alpha value is -3.70. The lowest BCUT2D eigenvalue weighted by Gasteiger charge is -2.25. The van der Waals surface area contributed by atoms with E-state index in [0.29, 0.717) is 22.9 Å². The van der Waals surface area contributed by atoms with E-state index in [0.717, 1.165) is 4.31 Å². The Morgan fingerprint density at radius 3 is 2.51 bits per heavy atom. The summed E-state index contributed by atoms with van der Waals surface area (Å²) in [6.07, 6.45) is 3.58. The van der Waals surface area contributed by atoms with Crippen molar-refractivity contribution in [1.82, 2.24) is 24.9 Å². The van der Waals surface area contributed by atoms with Gasteiger partial charge in [-0.05, 0) is 43.0 Å². The summed E-state index contributed by atoms with van der Waals surface area (Å²) in [7, 11) is -3.94. The predicted octanol–water partition coefficient (Wildman–Crippen LogP) is 1.92. The number of carbonyl (C=O) groups is 3. The Morgan fingerprint density at radius 1 is 1.03 bits per heavy atom. The van der Waals surface area contributed by atoms with E-state index in [2.05, 4.69) is 20.6 Å². The second kappa shape index (κ2) is 11.1. The standard InChI is InChI=1S/C26H29N5O5S/c1-17(2)24(30-25(33)19-12-14-27-20-9-4-3-8-18(19)20)26(34)29-21-10-7-15-31(16-22(21)32)37(35,36)23-11-5-6-13-28-23/h3-6,8-9,11-14,17,21,24H,7,10,15-16H2,1-2H3,(H,29,34)(H,30,33). The van der Waals surface area contributed by atoms with Crippen LogP contribution in [-0.2, 0) is 19.6 Å². The molecule has 1 aromatic carbocycles. The summed E-state index contributed by atoms with van der Waals surface area (Å²) in [5.41, 5.74) is 1.06. The zero-order chi connectivity index (χ0) is 26.6. The van der Waals surface area contributed by atoms with E-state index in [1.807, 2.05) is 12.1 Å². The van der Waals surface area contributed by atoms with Gasteiger partial charge in [0.1, 0.15) is 6.04 Å². The van der Waals surface area contributed by atoms with E-state index in [4.69, 9.17) is 0 Å². The zero-order valence-electron chi connectivity index (χ0n) is 20.6. The molecule has 2 N–H and O–H groups in total. The first-order valence-electron chi connectivity index (χ1n) is 12.1. The number of nitrogens with one attached hydrogen (secondary N) is 2. The number of carbonyl (C=O) groups excluding carboxylic acids is 3. The molecule has 0 saturated carbocycles. The number of sulfonamides is 1. The predicted molar refractivity (Wildman–Crippen MR) is 137 cm³/mol. The van der Waals surface area contributed by atoms with Crippen molar-refractivity contribution >= 4 is 38.5 Å². The van der Waals surface area contributed by atoms with Gasteiger partial charge in [0.05, 0.1) is 23.7 Å². The van der Waals surface area contributed by atoms with Crippen molar-refractivity contribution in [2.24, 2.45) is 5.92 Å². The molecule has 0 spiro atoms. The number of ketones is 1. The maximum absolute atomic E-state index is 13.2. The lowest BCUT2D eigenvalue weighted by Crippen LogP contribution is -2.54. The maximum Gasteiger partial charge on any atom is 0.260 e. The van der Waals surface area contributed by atoms with E-state index in [1.54, 1.807) is 44.2 Å². The van der Waals surface area contributed by atoms with Gasteiger partial charge in [0, 0.05) is 24.3 Å². The largest absolute Gasteiger partial charge is 0.344 e. The van der Waals surface area contributed by atoms with Crippen molar-refractivity contribution < 1.29 is 22.8 Å². The van der Waals surface area contributed by atoms with Crippen LogP contribution in [0, 0.1) is 5.92 Å². The summed E-state index contributed by atoms with van der Waals surface area (Å²) >= 11 is 0. The summed E-state index contributed by atoms with van der Waals surface area (Å²) in [5.74, 6) is -1.60. The van der Waals surface area contributed by atoms with Crippen LogP contribution in [0.1, 0.15) is 37.0 Å². The quantitative estimate of drug-likeness (QED) is 0.482. The number of benzene rings is 1. The van der Waals surface area contributed by atoms with Gasteiger partial charge in [-0.2, -0.15) is 4.31 Å². The molecule has 3 heterocycles. The van der Waals surface area contributed by atoms with Crippen LogP contribution in [0.25, 0.3) is 10.9 Å². The molecule has 194 valence electrons. The SMILES string of the molecule is CC(C)C(NC(=O)c1ccnc2ccccc12)C(=O)NC1CCCN(S(=O)(=O)c2ccccn2)CC1=O. The third-order valence-corrected chi connectivity index (χ3v) is 8.07. The van der Waals surface area contributed by atoms with Gasteiger partial charge >= 0.3 is 0 Å². The van der Waals surface area contributed by atoms with E-state index >= 15 is 0 Å². The Morgan fingerprint density at radius 2 is 1.78 bits per heavy atom. The van der Waals surface area contributed by atoms with Gasteiger partial charge < -0.3 is 10.6 Å². The smallest absolute Gasteiger partial charge is 0.260 e. The number of nitrogens with zero attached hydrogens (tertiary/aromatic N) is 3. The first kappa shape index (κ1) is 26.4. The average Bonchev–Trinajstić information content (AvgIpc) is 3.08. The average molecular weight is 524 g/mol. The van der Waals surface area contributed by atoms with Crippen molar-refractivity contribution in [3.63, 3.8) is 0 Å². The van der Waals surface area contributed by atoms with Crippen molar-refractivity contribution in [1.29, 1.82) is 0 Å². The third-order valence-electron chi connectivity index (χ3n) is 6.31. The molecule has 10 nitrogen and oxygen atoms in total. The van der Waals surface area contributed by atoms with E-state index in [1.165, 1.54) is 18.5 Å². The van der Waals surface area contributed by atoms with Gasteiger partial charge in [-0.3, -0.25) is 19.4 Å². The van der Waals surface area contributed by atoms with Crippen molar-refractivity contribution in [3.8, 4) is 0 Å². The first-order valence-corrected chi connectivity index (χ1v) is 13.5. The summed E-state index contributed by atoms with van der Waals surface area (Å²) in [5, 5.41) is 6.07. The summed E-state index contributed by atoms with van der Waals surface area (Å²) in [4.78, 5) is 47.5. The van der Waals surface area contributed by atoms with Crippen LogP contribution >= 0.6 is 0 Å². The molecule has 4 rings (SSSR count). The monoisotopic (exact) mass is 523 g/mol. The van der Waals surface area contributed by atoms with Gasteiger partial charge in [0.2, 0.25) is 5.91 Å². The number of hydrogen-bond donors (Lipinski definition) is 2. The lowest BCUT2D eigenvalue weighted by molar-refractivity contribution is -0.129. The second-order valence-corrected chi connectivity index (χ2v) is 11.1. The molecular formula is C26H29N5O5S. The Kier molecular flexibility index (Phi) is 7.94. The van der Waals surface area contributed by atoms with E-state index in [-0.39, 0.29) is 30.5 Å². The molecule has 2 amide bonds. The topological polar surface area (TPSA) is 138 Å². The van der Waals surface area contributed by atoms with Gasteiger partial charge in [-0.15, -0.1) is 0 Å². The highest BCUT2D eigenvalue weighted by atomic mass is 32.2. The fraction of sp³-hybridized carbons (Fsp3) is 0.346. The van der Waals surface area contributed by atoms with Crippen molar-refractivity contribution in [2.75, 3.05) is 13.1 Å². The van der Waals surface area contributed by atoms with Gasteiger partial charge in [0.25, 0.3) is 15.9 Å². The lowest BCUT2D eigenvalue weighted by atomic mass is 10.0. The molecule has 2 atom stereocenters. The number of Topliss-reactive ketones (excluding diaryl/α,β-unsaturated/α-hetero) is 1. The fourth-order valence-corrected chi connectivity index (χ4v) is 5.67. The minimum atomic E-state index is -3.94. The summed E-state index contributed by atoms with van der Waals surface area (Å²) in [6, 6.07) is 11.6. The highest BCUT2D eigenvalue weighted by Gasteiger charge is 2.35. The Bertz CT molecular complexity index is 1410. The van der Waals surface area contributed by atoms with Gasteiger partial charge in [-0.25, -0.2) is 13.4 Å². The first-order chi connectivity index (χ1) is 17.7. The van der Waals surface area contributed by atoms with Crippen LogP contribution in [0.4, 0.5) is 0 Å². The van der Waals surface area contributed by atoms with Gasteiger partial charge in [-0.1, -0.05) is 38.1 Å². The number of rotatable bonds is 7. The molecular weight excluding hydrogens is 494 g/mol. The molecule has 0 radical (unpaired) electrons. The molecule has 37 heavy (non-hydrogen) atoms. The maximum atomic E-state index is 13.2. The van der Waals surface area contributed by atoms with Crippen LogP contribution in [0.15, 0.2) is 66.0 Å². The normalized spacial score (nSPS) is 17.8. The molecule has 3 aromatic rings. The molecule has 0 bridgehead atoms. The minimum Gasteiger partial charge on any atom is -0.344 e. The number of amides is 2. The minimum absolute atomic E-state index is 0.128. The molecule has 1 aliphatic rings. The molecule has 1 saturated heterocycles. The summed E-state index contributed by atoms with van der Waals surface area (Å²) < 4.78 is 27.0. The van der Waals surface area contributed by atoms with Gasteiger partial charge in [0.15, 0.2) is 10.8 Å². The second-order valence-electron chi connectivity index (χ2n) is 9.25. The highest BCUT2D eigenvalue weighted by Crippen LogP contribution is 2.19. The van der Waals surface area contributed by atoms with Crippen molar-refractivity contribution in [2.45, 2.75) is 43.8 Å². The molecule has 11 heteroatoms. The van der Waals surface area contributed by atoms with Crippen LogP contribution in [0.5, 0.6) is 0 Å². The fourth-order valence-electron chi connectivity index (χ4n) is 4.29. The molecule has 2 unspecified atom stereocenters. The summed E-state index contributed by atoms with van der Waals surface area (Å²) in [6.45, 7) is 3.36. The van der Waals surface area contributed by atoms with Crippen LogP contribution in [0.3, 0.4) is 0 Å². The number of aromatic nitrogens is 2. The Balaban J connectivity index is 1.46. The number of pyridine rings is 2. The number of para-hydroxylation sites is 1. The number of hydrogen-bond acceptors (Lipinski definition) is 7. The molecule has 0 aliphatic carbocycles. The van der Waals surface area contributed by atoms with E-state index < -0.39 is 39.7 Å². The number of fused-ring (bicyclic) bond motifs is 1. The van der Waals surface area contributed by atoms with Crippen LogP contribution in [0.2, 0.25) is 0 Å². The zero-order valence-corrected chi connectivity index (χ0v) is 21.4. The van der Waals surface area contributed by atoms with E-state index in [9.17, 15) is 22.8 Å². The molecule has 2 aromatic heterocycles. The van der Waals surface area contributed by atoms with Crippen molar-refractivity contribution in [3.05, 3.63) is 66.5 Å². The van der Waals surface area contributed by atoms with Crippen LogP contribution in [-0.4, -0.2) is 65.5 Å². The molecule has 1 aliphatic heterocycles. The van der Waals surface area contributed by atoms with Crippen LogP contribution < -0.4 is 10.6 Å². The third kappa shape index (κ3) is 5.83.